The van der Waals surface area contributed by atoms with Crippen LogP contribution in [0.25, 0.3) is 11.1 Å². The third-order valence-electron chi connectivity index (χ3n) is 3.47. The van der Waals surface area contributed by atoms with Crippen LogP contribution in [0.5, 0.6) is 0 Å². The molecule has 116 valence electrons. The average Bonchev–Trinajstić information content (AvgIpc) is 2.58. The fourth-order valence-electron chi connectivity index (χ4n) is 2.24. The lowest BCUT2D eigenvalue weighted by atomic mass is 10.1. The smallest absolute Gasteiger partial charge is 0.206 e. The minimum absolute atomic E-state index is 0.124. The summed E-state index contributed by atoms with van der Waals surface area (Å²) in [4.78, 5) is 0.343. The molecule has 0 atom stereocenters. The van der Waals surface area contributed by atoms with Crippen LogP contribution in [0.1, 0.15) is 0 Å². The highest BCUT2D eigenvalue weighted by Crippen LogP contribution is 2.29. The first-order chi connectivity index (χ1) is 11.0. The molecule has 0 heterocycles. The molecule has 0 radical (unpaired) electrons. The van der Waals surface area contributed by atoms with E-state index in [0.29, 0.717) is 5.02 Å². The highest BCUT2D eigenvalue weighted by Gasteiger charge is 2.18. The summed E-state index contributed by atoms with van der Waals surface area (Å²) in [6, 6.07) is 20.8. The van der Waals surface area contributed by atoms with Gasteiger partial charge in [-0.2, -0.15) is 0 Å². The van der Waals surface area contributed by atoms with Gasteiger partial charge in [-0.3, -0.25) is 0 Å². The monoisotopic (exact) mass is 362 g/mol. The van der Waals surface area contributed by atoms with E-state index in [0.717, 1.165) is 11.1 Å². The van der Waals surface area contributed by atoms with Crippen LogP contribution in [0.4, 0.5) is 0 Å². The van der Waals surface area contributed by atoms with Crippen LogP contribution in [0.15, 0.2) is 82.6 Å². The van der Waals surface area contributed by atoms with Crippen LogP contribution in [0.2, 0.25) is 10.0 Å². The summed E-state index contributed by atoms with van der Waals surface area (Å²) in [7, 11) is -3.62. The first-order valence-electron chi connectivity index (χ1n) is 6.84. The van der Waals surface area contributed by atoms with Crippen LogP contribution >= 0.6 is 23.2 Å². The summed E-state index contributed by atoms with van der Waals surface area (Å²) in [6.07, 6.45) is 0. The van der Waals surface area contributed by atoms with Crippen LogP contribution in [-0.2, 0) is 9.84 Å². The third kappa shape index (κ3) is 3.27. The molecule has 0 spiro atoms. The van der Waals surface area contributed by atoms with Crippen molar-refractivity contribution in [2.75, 3.05) is 0 Å². The van der Waals surface area contributed by atoms with Crippen molar-refractivity contribution < 1.29 is 8.42 Å². The molecule has 0 unspecified atom stereocenters. The number of sulfone groups is 1. The van der Waals surface area contributed by atoms with Crippen molar-refractivity contribution in [2.45, 2.75) is 9.79 Å². The first-order valence-corrected chi connectivity index (χ1v) is 9.08. The average molecular weight is 363 g/mol. The number of benzene rings is 3. The maximum Gasteiger partial charge on any atom is 0.206 e. The Morgan fingerprint density at radius 3 is 1.78 bits per heavy atom. The molecule has 0 aliphatic carbocycles. The van der Waals surface area contributed by atoms with Gasteiger partial charge in [0, 0.05) is 0 Å². The minimum Gasteiger partial charge on any atom is -0.219 e. The van der Waals surface area contributed by atoms with Gasteiger partial charge in [0.2, 0.25) is 9.84 Å². The second-order valence-corrected chi connectivity index (χ2v) is 7.73. The minimum atomic E-state index is -3.62. The Balaban J connectivity index is 1.99. The van der Waals surface area contributed by atoms with Crippen LogP contribution in [-0.4, -0.2) is 8.42 Å². The van der Waals surface area contributed by atoms with E-state index in [-0.39, 0.29) is 14.8 Å². The molecule has 3 aromatic carbocycles. The molecule has 3 rings (SSSR count). The van der Waals surface area contributed by atoms with E-state index in [4.69, 9.17) is 23.2 Å². The van der Waals surface area contributed by atoms with E-state index in [2.05, 4.69) is 0 Å². The van der Waals surface area contributed by atoms with Gasteiger partial charge in [0.15, 0.2) is 0 Å². The molecule has 0 amide bonds. The molecular formula is C18H12Cl2O2S. The molecule has 0 aliphatic heterocycles. The lowest BCUT2D eigenvalue weighted by molar-refractivity contribution is 0.596. The van der Waals surface area contributed by atoms with Gasteiger partial charge in [-0.25, -0.2) is 8.42 Å². The van der Waals surface area contributed by atoms with E-state index in [1.807, 2.05) is 30.3 Å². The molecule has 0 saturated carbocycles. The molecule has 0 N–H and O–H groups in total. The topological polar surface area (TPSA) is 34.1 Å². The Bertz CT molecular complexity index is 935. The van der Waals surface area contributed by atoms with Crippen molar-refractivity contribution in [3.8, 4) is 11.1 Å². The van der Waals surface area contributed by atoms with Crippen LogP contribution in [0.3, 0.4) is 0 Å². The standard InChI is InChI=1S/C18H12Cl2O2S/c19-17-11-10-16(12-18(17)20)23(21,22)15-8-6-14(7-9-15)13-4-2-1-3-5-13/h1-12H. The van der Waals surface area contributed by atoms with Crippen molar-refractivity contribution in [3.63, 3.8) is 0 Å². The second-order valence-electron chi connectivity index (χ2n) is 4.97. The summed E-state index contributed by atoms with van der Waals surface area (Å²) in [5.74, 6) is 0. The summed E-state index contributed by atoms with van der Waals surface area (Å²) in [6.45, 7) is 0. The zero-order valence-corrected chi connectivity index (χ0v) is 14.2. The van der Waals surface area contributed by atoms with Crippen molar-refractivity contribution >= 4 is 33.0 Å². The van der Waals surface area contributed by atoms with Gasteiger partial charge < -0.3 is 0 Å². The molecule has 0 aromatic heterocycles. The fraction of sp³-hybridized carbons (Fsp3) is 0. The Labute approximate surface area is 145 Å². The fourth-order valence-corrected chi connectivity index (χ4v) is 3.89. The summed E-state index contributed by atoms with van der Waals surface area (Å²) in [5.41, 5.74) is 1.99. The SMILES string of the molecule is O=S(=O)(c1ccc(-c2ccccc2)cc1)c1ccc(Cl)c(Cl)c1. The van der Waals surface area contributed by atoms with Gasteiger partial charge in [-0.05, 0) is 41.5 Å². The summed E-state index contributed by atoms with van der Waals surface area (Å²) in [5, 5.41) is 0.540. The van der Waals surface area contributed by atoms with Crippen LogP contribution < -0.4 is 0 Å². The van der Waals surface area contributed by atoms with Gasteiger partial charge in [0.05, 0.1) is 19.8 Å². The largest absolute Gasteiger partial charge is 0.219 e. The number of rotatable bonds is 3. The summed E-state index contributed by atoms with van der Waals surface area (Å²) >= 11 is 11.8. The van der Waals surface area contributed by atoms with E-state index in [1.165, 1.54) is 18.2 Å². The highest BCUT2D eigenvalue weighted by atomic mass is 35.5. The van der Waals surface area contributed by atoms with E-state index in [1.54, 1.807) is 24.3 Å². The van der Waals surface area contributed by atoms with Gasteiger partial charge in [0.1, 0.15) is 0 Å². The molecule has 5 heteroatoms. The number of hydrogen-bond donors (Lipinski definition) is 0. The lowest BCUT2D eigenvalue weighted by Crippen LogP contribution is -2.01. The lowest BCUT2D eigenvalue weighted by Gasteiger charge is -2.07. The Morgan fingerprint density at radius 1 is 0.609 bits per heavy atom. The molecule has 0 aliphatic rings. The molecule has 0 bridgehead atoms. The quantitative estimate of drug-likeness (QED) is 0.616. The molecule has 2 nitrogen and oxygen atoms in total. The van der Waals surface area contributed by atoms with Crippen LogP contribution in [0, 0.1) is 0 Å². The van der Waals surface area contributed by atoms with E-state index >= 15 is 0 Å². The van der Waals surface area contributed by atoms with Crippen molar-refractivity contribution in [1.82, 2.24) is 0 Å². The Morgan fingerprint density at radius 2 is 1.17 bits per heavy atom. The van der Waals surface area contributed by atoms with Gasteiger partial charge >= 0.3 is 0 Å². The zero-order chi connectivity index (χ0) is 16.4. The van der Waals surface area contributed by atoms with E-state index < -0.39 is 9.84 Å². The van der Waals surface area contributed by atoms with Crippen molar-refractivity contribution in [3.05, 3.63) is 82.8 Å². The number of halogens is 2. The first kappa shape index (κ1) is 16.1. The Hall–Kier alpha value is -1.81. The number of hydrogen-bond acceptors (Lipinski definition) is 2. The van der Waals surface area contributed by atoms with Gasteiger partial charge in [-0.15, -0.1) is 0 Å². The summed E-state index contributed by atoms with van der Waals surface area (Å²) < 4.78 is 25.3. The zero-order valence-electron chi connectivity index (χ0n) is 11.9. The molecule has 0 fully saturated rings. The van der Waals surface area contributed by atoms with Gasteiger partial charge in [-0.1, -0.05) is 65.7 Å². The van der Waals surface area contributed by atoms with Crippen molar-refractivity contribution in [1.29, 1.82) is 0 Å². The normalized spacial score (nSPS) is 11.4. The van der Waals surface area contributed by atoms with E-state index in [9.17, 15) is 8.42 Å². The molecule has 23 heavy (non-hydrogen) atoms. The second kappa shape index (κ2) is 6.36. The predicted octanol–water partition coefficient (Wildman–Crippen LogP) is 5.49. The highest BCUT2D eigenvalue weighted by molar-refractivity contribution is 7.91. The Kier molecular flexibility index (Phi) is 4.44. The van der Waals surface area contributed by atoms with Crippen molar-refractivity contribution in [2.24, 2.45) is 0 Å². The molecule has 3 aromatic rings. The third-order valence-corrected chi connectivity index (χ3v) is 5.98. The maximum absolute atomic E-state index is 12.6. The molecular weight excluding hydrogens is 351 g/mol. The maximum atomic E-state index is 12.6. The predicted molar refractivity (Wildman–Crippen MR) is 93.8 cm³/mol. The molecule has 0 saturated heterocycles. The van der Waals surface area contributed by atoms with Gasteiger partial charge in [0.25, 0.3) is 0 Å².